The van der Waals surface area contributed by atoms with Crippen LogP contribution in [-0.4, -0.2) is 21.9 Å². The third-order valence-electron chi connectivity index (χ3n) is 1.50. The molecule has 1 aromatic rings. The fourth-order valence-corrected chi connectivity index (χ4v) is 1.52. The van der Waals surface area contributed by atoms with Gasteiger partial charge in [-0.3, -0.25) is 4.79 Å². The van der Waals surface area contributed by atoms with Crippen LogP contribution in [0, 0.1) is 3.70 Å². The van der Waals surface area contributed by atoms with E-state index in [0.29, 0.717) is 19.2 Å². The van der Waals surface area contributed by atoms with Crippen LogP contribution in [-0.2, 0) is 11.5 Å². The number of aromatic nitrogens is 2. The third-order valence-corrected chi connectivity index (χ3v) is 2.02. The van der Waals surface area contributed by atoms with Crippen molar-refractivity contribution in [3.63, 3.8) is 0 Å². The van der Waals surface area contributed by atoms with Crippen molar-refractivity contribution in [1.29, 1.82) is 0 Å². The molecule has 0 aliphatic heterocycles. The summed E-state index contributed by atoms with van der Waals surface area (Å²) in [5, 5.41) is 0. The number of ether oxygens (including phenoxy) is 1. The molecule has 0 saturated carbocycles. The molecule has 0 spiro atoms. The number of hydrogen-bond acceptors (Lipinski definition) is 3. The molecule has 13 heavy (non-hydrogen) atoms. The molecular weight excluding hydrogens is 283 g/mol. The van der Waals surface area contributed by atoms with Gasteiger partial charge in [0.1, 0.15) is 10.4 Å². The Morgan fingerprint density at radius 1 is 1.77 bits per heavy atom. The van der Waals surface area contributed by atoms with Gasteiger partial charge in [-0.25, -0.2) is 4.98 Å². The van der Waals surface area contributed by atoms with E-state index in [1.54, 1.807) is 10.8 Å². The topological polar surface area (TPSA) is 44.1 Å². The van der Waals surface area contributed by atoms with Gasteiger partial charge in [0, 0.05) is 19.7 Å². The monoisotopic (exact) mass is 294 g/mol. The normalized spacial score (nSPS) is 10.4. The van der Waals surface area contributed by atoms with E-state index >= 15 is 0 Å². The molecule has 1 aromatic heterocycles. The Kier molecular flexibility index (Phi) is 3.86. The fraction of sp³-hybridized carbons (Fsp3) is 0.500. The number of ketones is 1. The summed E-state index contributed by atoms with van der Waals surface area (Å²) in [7, 11) is 0. The highest BCUT2D eigenvalue weighted by Gasteiger charge is 2.09. The lowest BCUT2D eigenvalue weighted by Gasteiger charge is -2.04. The fourth-order valence-electron chi connectivity index (χ4n) is 0.953. The number of Topliss-reactive ketones (excluding diaryl/α,β-unsaturated/α-hetero) is 1. The molecule has 72 valence electrons. The second-order valence-corrected chi connectivity index (χ2v) is 3.64. The summed E-state index contributed by atoms with van der Waals surface area (Å²) in [6, 6.07) is 0. The zero-order valence-electron chi connectivity index (χ0n) is 7.58. The van der Waals surface area contributed by atoms with Gasteiger partial charge in [-0.1, -0.05) is 0 Å². The molecule has 0 radical (unpaired) electrons. The second kappa shape index (κ2) is 4.71. The Hall–Kier alpha value is -0.430. The molecule has 0 amide bonds. The van der Waals surface area contributed by atoms with E-state index in [-0.39, 0.29) is 5.78 Å². The van der Waals surface area contributed by atoms with Crippen LogP contribution in [0.3, 0.4) is 0 Å². The van der Waals surface area contributed by atoms with Crippen LogP contribution in [0.25, 0.3) is 0 Å². The number of carbonyl (C=O) groups is 1. The molecule has 0 aliphatic carbocycles. The molecule has 4 nitrogen and oxygen atoms in total. The molecule has 0 N–H and O–H groups in total. The molecule has 5 heteroatoms. The third kappa shape index (κ3) is 2.77. The molecule has 0 atom stereocenters. The Morgan fingerprint density at radius 3 is 3.00 bits per heavy atom. The van der Waals surface area contributed by atoms with Gasteiger partial charge in [0.2, 0.25) is 0 Å². The molecule has 0 bridgehead atoms. The van der Waals surface area contributed by atoms with Crippen molar-refractivity contribution < 1.29 is 9.53 Å². The summed E-state index contributed by atoms with van der Waals surface area (Å²) >= 11 is 2.07. The van der Waals surface area contributed by atoms with Crippen molar-refractivity contribution in [1.82, 2.24) is 9.55 Å². The van der Waals surface area contributed by atoms with Crippen LogP contribution >= 0.6 is 22.6 Å². The maximum Gasteiger partial charge on any atom is 0.195 e. The summed E-state index contributed by atoms with van der Waals surface area (Å²) in [5.74, 6) is 0.417. The average molecular weight is 294 g/mol. The minimum Gasteiger partial charge on any atom is -0.361 e. The Bertz CT molecular complexity index is 309. The zero-order chi connectivity index (χ0) is 9.84. The molecule has 0 aromatic carbocycles. The summed E-state index contributed by atoms with van der Waals surface area (Å²) in [4.78, 5) is 15.2. The average Bonchev–Trinajstić information content (AvgIpc) is 2.43. The highest BCUT2D eigenvalue weighted by atomic mass is 127. The summed E-state index contributed by atoms with van der Waals surface area (Å²) < 4.78 is 7.71. The lowest BCUT2D eigenvalue weighted by atomic mass is 10.4. The molecular formula is C8H11IN2O2. The first-order chi connectivity index (χ1) is 6.15. The van der Waals surface area contributed by atoms with Gasteiger partial charge in [-0.2, -0.15) is 0 Å². The van der Waals surface area contributed by atoms with Gasteiger partial charge in [0.05, 0.1) is 0 Å². The van der Waals surface area contributed by atoms with Gasteiger partial charge >= 0.3 is 0 Å². The smallest absolute Gasteiger partial charge is 0.195 e. The van der Waals surface area contributed by atoms with Crippen LogP contribution in [0.2, 0.25) is 0 Å². The van der Waals surface area contributed by atoms with E-state index in [4.69, 9.17) is 4.74 Å². The maximum absolute atomic E-state index is 11.1. The van der Waals surface area contributed by atoms with Gasteiger partial charge in [-0.05, 0) is 29.5 Å². The van der Waals surface area contributed by atoms with E-state index in [0.717, 1.165) is 3.70 Å². The quantitative estimate of drug-likeness (QED) is 0.627. The van der Waals surface area contributed by atoms with Crippen LogP contribution in [0.5, 0.6) is 0 Å². The highest BCUT2D eigenvalue weighted by Crippen LogP contribution is 2.06. The van der Waals surface area contributed by atoms with E-state index in [9.17, 15) is 4.79 Å². The Balaban J connectivity index is 2.84. The van der Waals surface area contributed by atoms with E-state index < -0.39 is 0 Å². The first-order valence-corrected chi connectivity index (χ1v) is 5.04. The van der Waals surface area contributed by atoms with Crippen molar-refractivity contribution in [3.8, 4) is 0 Å². The molecule has 0 fully saturated rings. The zero-order valence-corrected chi connectivity index (χ0v) is 9.74. The van der Waals surface area contributed by atoms with Crippen LogP contribution in [0.15, 0.2) is 6.20 Å². The summed E-state index contributed by atoms with van der Waals surface area (Å²) in [6.45, 7) is 4.43. The summed E-state index contributed by atoms with van der Waals surface area (Å²) in [6.07, 6.45) is 1.80. The molecule has 1 heterocycles. The first kappa shape index (κ1) is 10.6. The standard InChI is InChI=1S/C8H11IN2O2/c1-3-13-5-11-4-7(9)10-8(11)6(2)12/h4H,3,5H2,1-2H3. The number of nitrogens with zero attached hydrogens (tertiary/aromatic N) is 2. The van der Waals surface area contributed by atoms with Crippen LogP contribution in [0.4, 0.5) is 0 Å². The van der Waals surface area contributed by atoms with Gasteiger partial charge in [-0.15, -0.1) is 0 Å². The number of rotatable bonds is 4. The number of carbonyl (C=O) groups excluding carboxylic acids is 1. The van der Waals surface area contributed by atoms with Crippen LogP contribution in [0.1, 0.15) is 24.5 Å². The van der Waals surface area contributed by atoms with Crippen molar-refractivity contribution >= 4 is 28.4 Å². The maximum atomic E-state index is 11.1. The number of hydrogen-bond donors (Lipinski definition) is 0. The van der Waals surface area contributed by atoms with Crippen molar-refractivity contribution in [2.45, 2.75) is 20.6 Å². The van der Waals surface area contributed by atoms with E-state index in [1.807, 2.05) is 6.92 Å². The van der Waals surface area contributed by atoms with E-state index in [2.05, 4.69) is 27.6 Å². The second-order valence-electron chi connectivity index (χ2n) is 2.54. The van der Waals surface area contributed by atoms with Gasteiger partial charge < -0.3 is 9.30 Å². The van der Waals surface area contributed by atoms with Gasteiger partial charge in [0.25, 0.3) is 0 Å². The van der Waals surface area contributed by atoms with Crippen LogP contribution < -0.4 is 0 Å². The highest BCUT2D eigenvalue weighted by molar-refractivity contribution is 14.1. The lowest BCUT2D eigenvalue weighted by molar-refractivity contribution is 0.0810. The van der Waals surface area contributed by atoms with Crippen molar-refractivity contribution in [2.24, 2.45) is 0 Å². The predicted molar refractivity (Wildman–Crippen MR) is 56.6 cm³/mol. The number of imidazole rings is 1. The molecule has 0 unspecified atom stereocenters. The molecule has 1 rings (SSSR count). The first-order valence-electron chi connectivity index (χ1n) is 3.96. The van der Waals surface area contributed by atoms with Crippen molar-refractivity contribution in [3.05, 3.63) is 15.7 Å². The SMILES string of the molecule is CCOCn1cc(I)nc1C(C)=O. The predicted octanol–water partition coefficient (Wildman–Crippen LogP) is 1.68. The molecule has 0 aliphatic rings. The molecule has 0 saturated heterocycles. The summed E-state index contributed by atoms with van der Waals surface area (Å²) in [5.41, 5.74) is 0. The Labute approximate surface area is 90.4 Å². The lowest BCUT2D eigenvalue weighted by Crippen LogP contribution is -2.09. The minimum atomic E-state index is -0.0392. The van der Waals surface area contributed by atoms with Crippen molar-refractivity contribution in [2.75, 3.05) is 6.61 Å². The van der Waals surface area contributed by atoms with E-state index in [1.165, 1.54) is 6.92 Å². The number of halogens is 1. The van der Waals surface area contributed by atoms with Gasteiger partial charge in [0.15, 0.2) is 11.6 Å². The largest absolute Gasteiger partial charge is 0.361 e. The minimum absolute atomic E-state index is 0.0392. The Morgan fingerprint density at radius 2 is 2.46 bits per heavy atom.